The molecule has 1 aromatic rings. The highest BCUT2D eigenvalue weighted by Crippen LogP contribution is 2.34. The van der Waals surface area contributed by atoms with Gasteiger partial charge in [-0.1, -0.05) is 0 Å². The molecule has 18 heavy (non-hydrogen) atoms. The Balaban J connectivity index is 2.99. The molecule has 0 saturated carbocycles. The molecule has 0 unspecified atom stereocenters. The topological polar surface area (TPSA) is 36.4 Å². The highest BCUT2D eigenvalue weighted by Gasteiger charge is 2.35. The van der Waals surface area contributed by atoms with Crippen molar-refractivity contribution >= 4 is 11.7 Å². The number of amides is 1. The number of hydrogen-bond donors (Lipinski definition) is 0. The fourth-order valence-electron chi connectivity index (χ4n) is 1.34. The highest BCUT2D eigenvalue weighted by molar-refractivity contribution is 5.80. The van der Waals surface area contributed by atoms with Gasteiger partial charge in [0, 0.05) is 27.3 Å². The molecule has 0 radical (unpaired) electrons. The van der Waals surface area contributed by atoms with Gasteiger partial charge in [0.05, 0.1) is 12.1 Å². The first kappa shape index (κ1) is 14.3. The van der Waals surface area contributed by atoms with Crippen LogP contribution in [0, 0.1) is 0 Å². The summed E-state index contributed by atoms with van der Waals surface area (Å²) in [5.74, 6) is -0.545. The van der Waals surface area contributed by atoms with Crippen LogP contribution in [0.25, 0.3) is 0 Å². The first-order valence-corrected chi connectivity index (χ1v) is 5.17. The molecule has 4 nitrogen and oxygen atoms in total. The molecular weight excluding hydrogens is 247 g/mol. The predicted octanol–water partition coefficient (Wildman–Crippen LogP) is 1.62. The lowest BCUT2D eigenvalue weighted by Crippen LogP contribution is -2.35. The Labute approximate surface area is 103 Å². The van der Waals surface area contributed by atoms with E-state index in [4.69, 9.17) is 0 Å². The molecule has 100 valence electrons. The molecule has 1 amide bonds. The van der Waals surface area contributed by atoms with Crippen LogP contribution >= 0.6 is 0 Å². The molecule has 7 heteroatoms. The van der Waals surface area contributed by atoms with E-state index in [0.29, 0.717) is 0 Å². The van der Waals surface area contributed by atoms with Crippen LogP contribution in [-0.2, 0) is 11.0 Å². The number of pyridine rings is 1. The molecule has 0 aliphatic carbocycles. The van der Waals surface area contributed by atoms with E-state index in [0.717, 1.165) is 6.07 Å². The number of hydrogen-bond acceptors (Lipinski definition) is 3. The molecule has 1 heterocycles. The van der Waals surface area contributed by atoms with E-state index < -0.39 is 11.7 Å². The minimum absolute atomic E-state index is 0.160. The van der Waals surface area contributed by atoms with Gasteiger partial charge < -0.3 is 9.80 Å². The van der Waals surface area contributed by atoms with Crippen molar-refractivity contribution in [1.82, 2.24) is 9.88 Å². The van der Waals surface area contributed by atoms with E-state index >= 15 is 0 Å². The van der Waals surface area contributed by atoms with E-state index in [1.165, 1.54) is 29.1 Å². The lowest BCUT2D eigenvalue weighted by molar-refractivity contribution is -0.137. The molecule has 0 N–H and O–H groups in total. The third-order valence-electron chi connectivity index (χ3n) is 2.32. The van der Waals surface area contributed by atoms with Crippen molar-refractivity contribution in [3.8, 4) is 0 Å². The molecule has 0 spiro atoms. The Hall–Kier alpha value is -1.79. The Morgan fingerprint density at radius 2 is 1.94 bits per heavy atom. The summed E-state index contributed by atoms with van der Waals surface area (Å²) in [5, 5.41) is 0. The summed E-state index contributed by atoms with van der Waals surface area (Å²) in [6, 6.07) is 2.16. The second kappa shape index (κ2) is 5.24. The van der Waals surface area contributed by atoms with Crippen LogP contribution in [0.2, 0.25) is 0 Å². The molecule has 1 aromatic heterocycles. The summed E-state index contributed by atoms with van der Waals surface area (Å²) in [5.41, 5.74) is -0.848. The van der Waals surface area contributed by atoms with Gasteiger partial charge in [0.1, 0.15) is 5.82 Å². The lowest BCUT2D eigenvalue weighted by atomic mass is 10.2. The van der Waals surface area contributed by atoms with Crippen molar-refractivity contribution in [1.29, 1.82) is 0 Å². The van der Waals surface area contributed by atoms with Gasteiger partial charge in [-0.15, -0.1) is 0 Å². The van der Waals surface area contributed by atoms with Crippen LogP contribution in [-0.4, -0.2) is 43.5 Å². The lowest BCUT2D eigenvalue weighted by Gasteiger charge is -2.23. The quantitative estimate of drug-likeness (QED) is 0.829. The summed E-state index contributed by atoms with van der Waals surface area (Å²) in [6.07, 6.45) is -3.22. The standard InChI is InChI=1S/C11H14F3N3O/c1-16(2)9(18)7-17(3)10-8(11(12,13)14)5-4-6-15-10/h4-6H,7H2,1-3H3. The van der Waals surface area contributed by atoms with Gasteiger partial charge in [-0.2, -0.15) is 13.2 Å². The van der Waals surface area contributed by atoms with Crippen LogP contribution in [0.3, 0.4) is 0 Å². The summed E-state index contributed by atoms with van der Waals surface area (Å²) in [6.45, 7) is -0.160. The SMILES string of the molecule is CN(C)C(=O)CN(C)c1ncccc1C(F)(F)F. The largest absolute Gasteiger partial charge is 0.419 e. The fraction of sp³-hybridized carbons (Fsp3) is 0.455. The summed E-state index contributed by atoms with van der Waals surface area (Å²) in [7, 11) is 4.48. The number of rotatable bonds is 3. The number of carbonyl (C=O) groups is 1. The van der Waals surface area contributed by atoms with Gasteiger partial charge in [-0.25, -0.2) is 4.98 Å². The van der Waals surface area contributed by atoms with Crippen LogP contribution in [0.1, 0.15) is 5.56 Å². The zero-order chi connectivity index (χ0) is 13.9. The van der Waals surface area contributed by atoms with Crippen molar-refractivity contribution < 1.29 is 18.0 Å². The molecule has 0 atom stereocenters. The normalized spacial score (nSPS) is 11.2. The number of nitrogens with zero attached hydrogens (tertiary/aromatic N) is 3. The highest BCUT2D eigenvalue weighted by atomic mass is 19.4. The van der Waals surface area contributed by atoms with Crippen LogP contribution in [0.4, 0.5) is 19.0 Å². The first-order chi connectivity index (χ1) is 8.23. The smallest absolute Gasteiger partial charge is 0.350 e. The van der Waals surface area contributed by atoms with Crippen LogP contribution in [0.15, 0.2) is 18.3 Å². The van der Waals surface area contributed by atoms with Gasteiger partial charge in [0.2, 0.25) is 5.91 Å². The Bertz CT molecular complexity index is 432. The monoisotopic (exact) mass is 261 g/mol. The first-order valence-electron chi connectivity index (χ1n) is 5.17. The minimum atomic E-state index is -4.49. The molecule has 0 aliphatic heterocycles. The number of halogens is 3. The van der Waals surface area contributed by atoms with E-state index in [2.05, 4.69) is 4.98 Å². The maximum atomic E-state index is 12.7. The van der Waals surface area contributed by atoms with Gasteiger partial charge in [0.15, 0.2) is 0 Å². The molecular formula is C11H14F3N3O. The Kier molecular flexibility index (Phi) is 4.15. The van der Waals surface area contributed by atoms with Crippen molar-refractivity contribution in [3.63, 3.8) is 0 Å². The predicted molar refractivity (Wildman–Crippen MR) is 61.2 cm³/mol. The number of aromatic nitrogens is 1. The maximum Gasteiger partial charge on any atom is 0.419 e. The van der Waals surface area contributed by atoms with Gasteiger partial charge >= 0.3 is 6.18 Å². The number of likely N-dealkylation sites (N-methyl/N-ethyl adjacent to an activating group) is 2. The average Bonchev–Trinajstić information content (AvgIpc) is 2.27. The summed E-state index contributed by atoms with van der Waals surface area (Å²) >= 11 is 0. The molecule has 1 rings (SSSR count). The average molecular weight is 261 g/mol. The van der Waals surface area contributed by atoms with E-state index in [-0.39, 0.29) is 18.3 Å². The van der Waals surface area contributed by atoms with Crippen molar-refractivity contribution in [2.24, 2.45) is 0 Å². The molecule has 0 saturated heterocycles. The third kappa shape index (κ3) is 3.35. The molecule has 0 fully saturated rings. The Morgan fingerprint density at radius 3 is 2.44 bits per heavy atom. The fourth-order valence-corrected chi connectivity index (χ4v) is 1.34. The van der Waals surface area contributed by atoms with E-state index in [1.54, 1.807) is 14.1 Å². The van der Waals surface area contributed by atoms with Gasteiger partial charge in [0.25, 0.3) is 0 Å². The second-order valence-corrected chi connectivity index (χ2v) is 4.02. The van der Waals surface area contributed by atoms with Gasteiger partial charge in [-0.3, -0.25) is 4.79 Å². The maximum absolute atomic E-state index is 12.7. The zero-order valence-electron chi connectivity index (χ0n) is 10.3. The number of carbonyl (C=O) groups excluding carboxylic acids is 1. The third-order valence-corrected chi connectivity index (χ3v) is 2.32. The van der Waals surface area contributed by atoms with Gasteiger partial charge in [-0.05, 0) is 12.1 Å². The molecule has 0 bridgehead atoms. The summed E-state index contributed by atoms with van der Waals surface area (Å²) < 4.78 is 38.2. The van der Waals surface area contributed by atoms with Crippen LogP contribution in [0.5, 0.6) is 0 Å². The summed E-state index contributed by atoms with van der Waals surface area (Å²) in [4.78, 5) is 17.7. The van der Waals surface area contributed by atoms with Crippen molar-refractivity contribution in [2.75, 3.05) is 32.6 Å². The number of alkyl halides is 3. The molecule has 0 aromatic carbocycles. The van der Waals surface area contributed by atoms with E-state index in [9.17, 15) is 18.0 Å². The second-order valence-electron chi connectivity index (χ2n) is 4.02. The van der Waals surface area contributed by atoms with Crippen molar-refractivity contribution in [3.05, 3.63) is 23.9 Å². The molecule has 0 aliphatic rings. The van der Waals surface area contributed by atoms with Crippen LogP contribution < -0.4 is 4.90 Å². The Morgan fingerprint density at radius 1 is 1.33 bits per heavy atom. The van der Waals surface area contributed by atoms with E-state index in [1.807, 2.05) is 0 Å². The minimum Gasteiger partial charge on any atom is -0.350 e. The number of anilines is 1. The van der Waals surface area contributed by atoms with Crippen molar-refractivity contribution in [2.45, 2.75) is 6.18 Å². The zero-order valence-corrected chi connectivity index (χ0v) is 10.3.